The Kier molecular flexibility index (Phi) is 4.17. The molecule has 2 atom stereocenters. The molecule has 2 amide bonds. The number of carboxylic acid groups (broad SMARTS) is 1. The van der Waals surface area contributed by atoms with Gasteiger partial charge in [-0.1, -0.05) is 6.42 Å². The minimum atomic E-state index is -0.800. The van der Waals surface area contributed by atoms with Crippen molar-refractivity contribution in [3.05, 3.63) is 24.5 Å². The van der Waals surface area contributed by atoms with Gasteiger partial charge in [-0.05, 0) is 47.4 Å². The second-order valence-corrected chi connectivity index (χ2v) is 7.00. The molecule has 142 valence electrons. The number of ether oxygens (including phenoxy) is 1. The van der Waals surface area contributed by atoms with E-state index in [1.165, 1.54) is 18.1 Å². The molecule has 0 unspecified atom stereocenters. The van der Waals surface area contributed by atoms with Crippen LogP contribution in [0.15, 0.2) is 24.5 Å². The van der Waals surface area contributed by atoms with E-state index in [2.05, 4.69) is 20.8 Å². The van der Waals surface area contributed by atoms with Crippen LogP contribution in [0.4, 0.5) is 10.5 Å². The number of methoxy groups -OCH3 is 1. The monoisotopic (exact) mass is 372 g/mol. The lowest BCUT2D eigenvalue weighted by Crippen LogP contribution is -2.38. The molecule has 27 heavy (non-hydrogen) atoms. The van der Waals surface area contributed by atoms with Gasteiger partial charge in [-0.3, -0.25) is 4.79 Å². The first-order valence-electron chi connectivity index (χ1n) is 8.74. The zero-order valence-electron chi connectivity index (χ0n) is 14.8. The molecule has 1 aliphatic carbocycles. The van der Waals surface area contributed by atoms with Crippen molar-refractivity contribution in [2.45, 2.75) is 19.3 Å². The molecule has 2 heterocycles. The smallest absolute Gasteiger partial charge is 0.321 e. The van der Waals surface area contributed by atoms with Crippen molar-refractivity contribution in [1.82, 2.24) is 25.1 Å². The first-order chi connectivity index (χ1) is 13.0. The molecule has 2 aromatic rings. The van der Waals surface area contributed by atoms with Crippen molar-refractivity contribution in [3.8, 4) is 11.4 Å². The maximum atomic E-state index is 12.7. The van der Waals surface area contributed by atoms with Gasteiger partial charge in [0.1, 0.15) is 17.8 Å². The Morgan fingerprint density at radius 3 is 2.93 bits per heavy atom. The van der Waals surface area contributed by atoms with Crippen LogP contribution in [0.1, 0.15) is 19.3 Å². The summed E-state index contributed by atoms with van der Waals surface area (Å²) in [6.07, 6.45) is 3.81. The number of rotatable bonds is 4. The molecular weight excluding hydrogens is 352 g/mol. The third kappa shape index (κ3) is 2.86. The molecule has 2 fully saturated rings. The number of carbonyl (C=O) groups is 2. The first kappa shape index (κ1) is 17.3. The quantitative estimate of drug-likeness (QED) is 0.831. The minimum Gasteiger partial charge on any atom is -0.494 e. The molecule has 1 aromatic carbocycles. The second-order valence-electron chi connectivity index (χ2n) is 7.00. The normalized spacial score (nSPS) is 23.9. The maximum Gasteiger partial charge on any atom is 0.321 e. The molecular formula is C17H20N6O4. The van der Waals surface area contributed by atoms with Gasteiger partial charge in [0, 0.05) is 18.8 Å². The summed E-state index contributed by atoms with van der Waals surface area (Å²) in [5.41, 5.74) is 0.336. The van der Waals surface area contributed by atoms with E-state index in [9.17, 15) is 14.7 Å². The van der Waals surface area contributed by atoms with Crippen molar-refractivity contribution in [2.75, 3.05) is 25.5 Å². The minimum absolute atomic E-state index is 0.0217. The average molecular weight is 372 g/mol. The number of urea groups is 1. The van der Waals surface area contributed by atoms with E-state index < -0.39 is 11.4 Å². The average Bonchev–Trinajstić information content (AvgIpc) is 3.37. The van der Waals surface area contributed by atoms with Crippen LogP contribution in [0.5, 0.6) is 5.75 Å². The van der Waals surface area contributed by atoms with Crippen LogP contribution in [-0.4, -0.2) is 62.4 Å². The van der Waals surface area contributed by atoms with Gasteiger partial charge in [0.05, 0.1) is 12.5 Å². The summed E-state index contributed by atoms with van der Waals surface area (Å²) in [5.74, 6) is -0.222. The van der Waals surface area contributed by atoms with Gasteiger partial charge in [0.2, 0.25) is 0 Å². The number of fused-ring (bicyclic) bond motifs is 1. The number of hydrogen-bond acceptors (Lipinski definition) is 6. The van der Waals surface area contributed by atoms with Crippen LogP contribution in [0.3, 0.4) is 0 Å². The van der Waals surface area contributed by atoms with Gasteiger partial charge in [0.25, 0.3) is 0 Å². The van der Waals surface area contributed by atoms with Crippen molar-refractivity contribution in [2.24, 2.45) is 11.3 Å². The lowest BCUT2D eigenvalue weighted by molar-refractivity contribution is -0.149. The van der Waals surface area contributed by atoms with E-state index in [4.69, 9.17) is 4.74 Å². The fraction of sp³-hybridized carbons (Fsp3) is 0.471. The van der Waals surface area contributed by atoms with E-state index in [-0.39, 0.29) is 18.5 Å². The molecule has 0 bridgehead atoms. The number of carbonyl (C=O) groups excluding carboxylic acids is 1. The van der Waals surface area contributed by atoms with Gasteiger partial charge >= 0.3 is 12.0 Å². The summed E-state index contributed by atoms with van der Waals surface area (Å²) in [6.45, 7) is 0.711. The van der Waals surface area contributed by atoms with Crippen LogP contribution >= 0.6 is 0 Å². The van der Waals surface area contributed by atoms with E-state index in [1.807, 2.05) is 0 Å². The molecule has 2 N–H and O–H groups in total. The van der Waals surface area contributed by atoms with Gasteiger partial charge in [0.15, 0.2) is 0 Å². The SMILES string of the molecule is COc1ccc(NC(=O)N2C[C@@H]3CCC[C@@]3(C(=O)O)C2)cc1-n1cnnn1. The largest absolute Gasteiger partial charge is 0.494 e. The number of aliphatic carboxylic acids is 1. The van der Waals surface area contributed by atoms with Crippen LogP contribution in [-0.2, 0) is 4.79 Å². The Morgan fingerprint density at radius 1 is 1.41 bits per heavy atom. The number of amides is 2. The van der Waals surface area contributed by atoms with Gasteiger partial charge in [-0.25, -0.2) is 4.79 Å². The molecule has 10 nitrogen and oxygen atoms in total. The molecule has 1 aromatic heterocycles. The number of hydrogen-bond donors (Lipinski definition) is 2. The Balaban J connectivity index is 1.52. The number of benzene rings is 1. The zero-order valence-corrected chi connectivity index (χ0v) is 14.8. The Morgan fingerprint density at radius 2 is 2.26 bits per heavy atom. The summed E-state index contributed by atoms with van der Waals surface area (Å²) < 4.78 is 6.75. The summed E-state index contributed by atoms with van der Waals surface area (Å²) in [6, 6.07) is 4.83. The number of nitrogens with one attached hydrogen (secondary N) is 1. The topological polar surface area (TPSA) is 122 Å². The summed E-state index contributed by atoms with van der Waals surface area (Å²) in [4.78, 5) is 26.1. The van der Waals surface area contributed by atoms with Crippen molar-refractivity contribution >= 4 is 17.7 Å². The fourth-order valence-corrected chi connectivity index (χ4v) is 4.21. The molecule has 0 radical (unpaired) electrons. The predicted octanol–water partition coefficient (Wildman–Crippen LogP) is 1.39. The van der Waals surface area contributed by atoms with Crippen LogP contribution < -0.4 is 10.1 Å². The highest BCUT2D eigenvalue weighted by molar-refractivity contribution is 5.91. The third-order valence-corrected chi connectivity index (χ3v) is 5.61. The predicted molar refractivity (Wildman–Crippen MR) is 93.7 cm³/mol. The highest BCUT2D eigenvalue weighted by atomic mass is 16.5. The van der Waals surface area contributed by atoms with Gasteiger partial charge < -0.3 is 20.1 Å². The molecule has 10 heteroatoms. The van der Waals surface area contributed by atoms with Gasteiger partial charge in [-0.2, -0.15) is 4.68 Å². The Hall–Kier alpha value is -3.17. The van der Waals surface area contributed by atoms with Gasteiger partial charge in [-0.15, -0.1) is 5.10 Å². The van der Waals surface area contributed by atoms with Crippen molar-refractivity contribution < 1.29 is 19.4 Å². The molecule has 1 saturated heterocycles. The summed E-state index contributed by atoms with van der Waals surface area (Å²) >= 11 is 0. The third-order valence-electron chi connectivity index (χ3n) is 5.61. The van der Waals surface area contributed by atoms with Crippen LogP contribution in [0, 0.1) is 11.3 Å². The van der Waals surface area contributed by atoms with Crippen molar-refractivity contribution in [1.29, 1.82) is 0 Å². The fourth-order valence-electron chi connectivity index (χ4n) is 4.21. The van der Waals surface area contributed by atoms with E-state index in [0.29, 0.717) is 30.1 Å². The highest BCUT2D eigenvalue weighted by Crippen LogP contribution is 2.49. The van der Waals surface area contributed by atoms with Crippen LogP contribution in [0.2, 0.25) is 0 Å². The van der Waals surface area contributed by atoms with Crippen LogP contribution in [0.25, 0.3) is 5.69 Å². The number of tetrazole rings is 1. The number of carboxylic acids is 1. The number of anilines is 1. The maximum absolute atomic E-state index is 12.7. The highest BCUT2D eigenvalue weighted by Gasteiger charge is 2.55. The zero-order chi connectivity index (χ0) is 19.0. The summed E-state index contributed by atoms with van der Waals surface area (Å²) in [5, 5.41) is 23.6. The molecule has 0 spiro atoms. The molecule has 4 rings (SSSR count). The molecule has 1 saturated carbocycles. The van der Waals surface area contributed by atoms with E-state index >= 15 is 0 Å². The lowest BCUT2D eigenvalue weighted by atomic mass is 9.81. The second kappa shape index (κ2) is 6.53. The van der Waals surface area contributed by atoms with Crippen molar-refractivity contribution in [3.63, 3.8) is 0 Å². The lowest BCUT2D eigenvalue weighted by Gasteiger charge is -2.23. The number of aromatic nitrogens is 4. The standard InChI is InChI=1S/C17H20N6O4/c1-27-14-5-4-12(7-13(14)23-10-18-20-21-23)19-16(26)22-8-11-3-2-6-17(11,9-22)15(24)25/h4-5,7,10-11H,2-3,6,8-9H2,1H3,(H,19,26)(H,24,25)/t11-,17+/m0/s1. The number of nitrogens with zero attached hydrogens (tertiary/aromatic N) is 5. The van der Waals surface area contributed by atoms with E-state index in [1.54, 1.807) is 23.1 Å². The number of likely N-dealkylation sites (tertiary alicyclic amines) is 1. The summed E-state index contributed by atoms with van der Waals surface area (Å²) in [7, 11) is 1.54. The van der Waals surface area contributed by atoms with E-state index in [0.717, 1.165) is 12.8 Å². The Bertz CT molecular complexity index is 870. The Labute approximate surface area is 155 Å². The molecule has 2 aliphatic rings. The molecule has 1 aliphatic heterocycles. The first-order valence-corrected chi connectivity index (χ1v) is 8.74.